The monoisotopic (exact) mass is 307 g/mol. The molecule has 114 valence electrons. The number of carbonyl (C=O) groups excluding carboxylic acids is 2. The standard InChI is InChI=1S/C15H21N3O2S/c1-4-16-14(20)11-6-5-7-12(9-11)17-15(21)18-13(19)8-10(2)3/h5-7,9-10H,4,8H2,1-3H3,(H,16,20)(H2,17,18,19,21). The van der Waals surface area contributed by atoms with E-state index in [1.54, 1.807) is 24.3 Å². The number of benzene rings is 1. The van der Waals surface area contributed by atoms with Crippen molar-refractivity contribution in [3.63, 3.8) is 0 Å². The molecule has 2 amide bonds. The van der Waals surface area contributed by atoms with E-state index in [4.69, 9.17) is 12.2 Å². The van der Waals surface area contributed by atoms with Crippen LogP contribution >= 0.6 is 12.2 Å². The summed E-state index contributed by atoms with van der Waals surface area (Å²) < 4.78 is 0. The predicted octanol–water partition coefficient (Wildman–Crippen LogP) is 2.30. The maximum atomic E-state index is 11.7. The van der Waals surface area contributed by atoms with Crippen LogP contribution in [-0.2, 0) is 4.79 Å². The maximum absolute atomic E-state index is 11.7. The lowest BCUT2D eigenvalue weighted by Crippen LogP contribution is -2.34. The van der Waals surface area contributed by atoms with Crippen molar-refractivity contribution in [3.05, 3.63) is 29.8 Å². The molecule has 1 aromatic carbocycles. The molecule has 1 rings (SSSR count). The largest absolute Gasteiger partial charge is 0.352 e. The molecule has 0 aliphatic rings. The molecule has 3 N–H and O–H groups in total. The van der Waals surface area contributed by atoms with Crippen molar-refractivity contribution < 1.29 is 9.59 Å². The second-order valence-electron chi connectivity index (χ2n) is 5.04. The zero-order chi connectivity index (χ0) is 15.8. The molecular formula is C15H21N3O2S. The van der Waals surface area contributed by atoms with Crippen LogP contribution in [-0.4, -0.2) is 23.5 Å². The summed E-state index contributed by atoms with van der Waals surface area (Å²) in [4.78, 5) is 23.4. The van der Waals surface area contributed by atoms with Crippen LogP contribution in [0.25, 0.3) is 0 Å². The Morgan fingerprint density at radius 3 is 2.62 bits per heavy atom. The van der Waals surface area contributed by atoms with Crippen LogP contribution in [0.5, 0.6) is 0 Å². The molecule has 0 fully saturated rings. The normalized spacial score (nSPS) is 10.1. The molecule has 21 heavy (non-hydrogen) atoms. The Morgan fingerprint density at radius 1 is 1.29 bits per heavy atom. The Hall–Kier alpha value is -1.95. The average Bonchev–Trinajstić information content (AvgIpc) is 2.37. The highest BCUT2D eigenvalue weighted by molar-refractivity contribution is 7.80. The van der Waals surface area contributed by atoms with E-state index in [0.717, 1.165) is 0 Å². The fourth-order valence-electron chi connectivity index (χ4n) is 1.71. The second-order valence-corrected chi connectivity index (χ2v) is 5.45. The SMILES string of the molecule is CCNC(=O)c1cccc(NC(=S)NC(=O)CC(C)C)c1. The highest BCUT2D eigenvalue weighted by atomic mass is 32.1. The number of hydrogen-bond donors (Lipinski definition) is 3. The second kappa shape index (κ2) is 8.36. The van der Waals surface area contributed by atoms with Gasteiger partial charge in [-0.1, -0.05) is 19.9 Å². The van der Waals surface area contributed by atoms with E-state index >= 15 is 0 Å². The van der Waals surface area contributed by atoms with Gasteiger partial charge in [0, 0.05) is 24.2 Å². The van der Waals surface area contributed by atoms with E-state index in [1.807, 2.05) is 20.8 Å². The van der Waals surface area contributed by atoms with Crippen LogP contribution < -0.4 is 16.0 Å². The van der Waals surface area contributed by atoms with Crippen molar-refractivity contribution in [1.29, 1.82) is 0 Å². The van der Waals surface area contributed by atoms with Crippen LogP contribution in [0.15, 0.2) is 24.3 Å². The fraction of sp³-hybridized carbons (Fsp3) is 0.400. The number of rotatable bonds is 5. The van der Waals surface area contributed by atoms with Gasteiger partial charge in [-0.15, -0.1) is 0 Å². The van der Waals surface area contributed by atoms with Crippen LogP contribution in [0, 0.1) is 5.92 Å². The van der Waals surface area contributed by atoms with Crippen molar-refractivity contribution in [2.75, 3.05) is 11.9 Å². The molecular weight excluding hydrogens is 286 g/mol. The molecule has 0 saturated carbocycles. The number of thiocarbonyl (C=S) groups is 1. The third-order valence-electron chi connectivity index (χ3n) is 2.57. The summed E-state index contributed by atoms with van der Waals surface area (Å²) in [5.74, 6) is 0.00663. The molecule has 0 aromatic heterocycles. The quantitative estimate of drug-likeness (QED) is 0.730. The Balaban J connectivity index is 2.62. The molecule has 0 heterocycles. The summed E-state index contributed by atoms with van der Waals surface area (Å²) in [6, 6.07) is 6.94. The predicted molar refractivity (Wildman–Crippen MR) is 88.3 cm³/mol. The van der Waals surface area contributed by atoms with Gasteiger partial charge in [0.1, 0.15) is 0 Å². The molecule has 0 aliphatic carbocycles. The summed E-state index contributed by atoms with van der Waals surface area (Å²) in [5, 5.41) is 8.47. The Labute approximate surface area is 130 Å². The summed E-state index contributed by atoms with van der Waals surface area (Å²) >= 11 is 5.08. The van der Waals surface area contributed by atoms with Crippen LogP contribution in [0.4, 0.5) is 5.69 Å². The number of carbonyl (C=O) groups is 2. The molecule has 0 unspecified atom stereocenters. The minimum Gasteiger partial charge on any atom is -0.352 e. The summed E-state index contributed by atoms with van der Waals surface area (Å²) in [7, 11) is 0. The first-order valence-electron chi connectivity index (χ1n) is 6.91. The zero-order valence-electron chi connectivity index (χ0n) is 12.5. The molecule has 0 spiro atoms. The Morgan fingerprint density at radius 2 is 2.00 bits per heavy atom. The fourth-order valence-corrected chi connectivity index (χ4v) is 1.94. The molecule has 0 atom stereocenters. The maximum Gasteiger partial charge on any atom is 0.251 e. The van der Waals surface area contributed by atoms with E-state index in [9.17, 15) is 9.59 Å². The molecule has 0 radical (unpaired) electrons. The lowest BCUT2D eigenvalue weighted by molar-refractivity contribution is -0.120. The molecule has 5 nitrogen and oxygen atoms in total. The van der Waals surface area contributed by atoms with Gasteiger partial charge in [0.15, 0.2) is 5.11 Å². The van der Waals surface area contributed by atoms with E-state index in [1.165, 1.54) is 0 Å². The minimum atomic E-state index is -0.143. The highest BCUT2D eigenvalue weighted by Gasteiger charge is 2.08. The summed E-state index contributed by atoms with van der Waals surface area (Å²) in [5.41, 5.74) is 1.20. The van der Waals surface area contributed by atoms with Crippen molar-refractivity contribution in [1.82, 2.24) is 10.6 Å². The van der Waals surface area contributed by atoms with E-state index < -0.39 is 0 Å². The van der Waals surface area contributed by atoms with Gasteiger partial charge in [0.05, 0.1) is 0 Å². The first kappa shape index (κ1) is 17.1. The smallest absolute Gasteiger partial charge is 0.251 e. The molecule has 6 heteroatoms. The first-order chi connectivity index (χ1) is 9.92. The van der Waals surface area contributed by atoms with E-state index in [2.05, 4.69) is 16.0 Å². The van der Waals surface area contributed by atoms with Crippen LogP contribution in [0.3, 0.4) is 0 Å². The van der Waals surface area contributed by atoms with Gasteiger partial charge >= 0.3 is 0 Å². The van der Waals surface area contributed by atoms with Gasteiger partial charge in [-0.25, -0.2) is 0 Å². The van der Waals surface area contributed by atoms with Crippen LogP contribution in [0.2, 0.25) is 0 Å². The highest BCUT2D eigenvalue weighted by Crippen LogP contribution is 2.10. The minimum absolute atomic E-state index is 0.123. The average molecular weight is 307 g/mol. The first-order valence-corrected chi connectivity index (χ1v) is 7.32. The lowest BCUT2D eigenvalue weighted by Gasteiger charge is -2.11. The molecule has 0 bridgehead atoms. The van der Waals surface area contributed by atoms with Crippen molar-refractivity contribution >= 4 is 34.8 Å². The van der Waals surface area contributed by atoms with Crippen LogP contribution in [0.1, 0.15) is 37.6 Å². The zero-order valence-corrected chi connectivity index (χ0v) is 13.3. The summed E-state index contributed by atoms with van der Waals surface area (Å²) in [6.45, 7) is 6.36. The number of nitrogens with one attached hydrogen (secondary N) is 3. The van der Waals surface area contributed by atoms with Crippen molar-refractivity contribution in [2.24, 2.45) is 5.92 Å². The van der Waals surface area contributed by atoms with Gasteiger partial charge in [-0.2, -0.15) is 0 Å². The molecule has 0 aliphatic heterocycles. The Kier molecular flexibility index (Phi) is 6.81. The third-order valence-corrected chi connectivity index (χ3v) is 2.77. The topological polar surface area (TPSA) is 70.2 Å². The van der Waals surface area contributed by atoms with Gasteiger partial charge in [-0.05, 0) is 43.3 Å². The van der Waals surface area contributed by atoms with E-state index in [-0.39, 0.29) is 22.8 Å². The number of anilines is 1. The summed E-state index contributed by atoms with van der Waals surface area (Å²) in [6.07, 6.45) is 0.417. The number of amides is 2. The molecule has 0 saturated heterocycles. The van der Waals surface area contributed by atoms with Gasteiger partial charge < -0.3 is 16.0 Å². The lowest BCUT2D eigenvalue weighted by atomic mass is 10.1. The van der Waals surface area contributed by atoms with E-state index in [0.29, 0.717) is 24.2 Å². The van der Waals surface area contributed by atoms with Crippen molar-refractivity contribution in [2.45, 2.75) is 27.2 Å². The van der Waals surface area contributed by atoms with Gasteiger partial charge in [0.25, 0.3) is 5.91 Å². The van der Waals surface area contributed by atoms with Gasteiger partial charge in [-0.3, -0.25) is 9.59 Å². The Bertz CT molecular complexity index is 529. The molecule has 1 aromatic rings. The van der Waals surface area contributed by atoms with Crippen molar-refractivity contribution in [3.8, 4) is 0 Å². The van der Waals surface area contributed by atoms with Gasteiger partial charge in [0.2, 0.25) is 5.91 Å². The number of hydrogen-bond acceptors (Lipinski definition) is 3. The third kappa shape index (κ3) is 6.35.